The minimum absolute atomic E-state index is 0.113. The number of nitrogens with one attached hydrogen (secondary N) is 1. The Morgan fingerprint density at radius 2 is 2.15 bits per heavy atom. The van der Waals surface area contributed by atoms with Crippen LogP contribution in [-0.4, -0.2) is 40.8 Å². The van der Waals surface area contributed by atoms with Crippen molar-refractivity contribution in [3.8, 4) is 5.88 Å². The summed E-state index contributed by atoms with van der Waals surface area (Å²) in [5, 5.41) is 15.6. The van der Waals surface area contributed by atoms with Crippen molar-refractivity contribution >= 4 is 24.1 Å². The summed E-state index contributed by atoms with van der Waals surface area (Å²) in [5.41, 5.74) is 1.33. The second kappa shape index (κ2) is 7.70. The van der Waals surface area contributed by atoms with E-state index in [4.69, 9.17) is 4.74 Å². The molecule has 7 heteroatoms. The summed E-state index contributed by atoms with van der Waals surface area (Å²) in [6, 6.07) is 5.90. The number of methoxy groups -OCH3 is 1. The first-order chi connectivity index (χ1) is 12.5. The Morgan fingerprint density at radius 3 is 2.88 bits per heavy atom. The number of nitrogens with zero attached hydrogens (tertiary/aromatic N) is 4. The summed E-state index contributed by atoms with van der Waals surface area (Å²) >= 11 is 0. The summed E-state index contributed by atoms with van der Waals surface area (Å²) in [7, 11) is 3.47. The van der Waals surface area contributed by atoms with Gasteiger partial charge in [0.15, 0.2) is 0 Å². The van der Waals surface area contributed by atoms with Crippen LogP contribution < -0.4 is 15.9 Å². The third-order valence-electron chi connectivity index (χ3n) is 4.24. The van der Waals surface area contributed by atoms with Crippen molar-refractivity contribution in [3.63, 3.8) is 0 Å². The van der Waals surface area contributed by atoms with E-state index < -0.39 is 0 Å². The first-order valence-corrected chi connectivity index (χ1v) is 8.71. The van der Waals surface area contributed by atoms with Crippen LogP contribution >= 0.6 is 0 Å². The molecule has 2 heterocycles. The average Bonchev–Trinajstić information content (AvgIpc) is 3.15. The molecule has 0 saturated carbocycles. The van der Waals surface area contributed by atoms with E-state index in [0.29, 0.717) is 24.2 Å². The lowest BCUT2D eigenvalue weighted by molar-refractivity contribution is 0.177. The van der Waals surface area contributed by atoms with Crippen molar-refractivity contribution < 1.29 is 9.84 Å². The molecular formula is C19H25N5O2. The lowest BCUT2D eigenvalue weighted by Crippen LogP contribution is -2.28. The van der Waals surface area contributed by atoms with Gasteiger partial charge in [0.05, 0.1) is 23.7 Å². The van der Waals surface area contributed by atoms with Gasteiger partial charge < -0.3 is 15.2 Å². The van der Waals surface area contributed by atoms with Gasteiger partial charge in [0.1, 0.15) is 12.0 Å². The Bertz CT molecular complexity index is 930. The molecule has 0 radical (unpaired) electrons. The zero-order valence-electron chi connectivity index (χ0n) is 15.6. The van der Waals surface area contributed by atoms with Gasteiger partial charge in [-0.05, 0) is 35.8 Å². The Labute approximate surface area is 152 Å². The Hall–Kier alpha value is -2.67. The van der Waals surface area contributed by atoms with Crippen molar-refractivity contribution in [2.24, 2.45) is 23.0 Å². The standard InChI is InChI=1S/C19H25N5O2/c1-12(2)7-14(10-26-4)22-19-23-17(18(25)24(19)3)9-13-5-6-15-16(8-13)21-11-20-15/h5-6,8-9,11-12,14,25H,7,10H2,1-4H3,(H,22,23)/b13-9+/t14-/m1/s1. The number of benzene rings is 1. The van der Waals surface area contributed by atoms with Crippen LogP contribution in [0.25, 0.3) is 6.08 Å². The Kier molecular flexibility index (Phi) is 5.37. The zero-order valence-corrected chi connectivity index (χ0v) is 15.6. The van der Waals surface area contributed by atoms with E-state index in [0.717, 1.165) is 22.7 Å². The van der Waals surface area contributed by atoms with Crippen LogP contribution in [0.4, 0.5) is 11.6 Å². The van der Waals surface area contributed by atoms with Crippen molar-refractivity contribution in [3.05, 3.63) is 34.5 Å². The molecule has 7 nitrogen and oxygen atoms in total. The number of hydrogen-bond donors (Lipinski definition) is 2. The number of rotatable bonds is 7. The molecule has 1 aliphatic heterocycles. The number of fused-ring (bicyclic) bond motifs is 1. The number of aromatic hydroxyl groups is 1. The number of ether oxygens (including phenoxy) is 1. The normalized spacial score (nSPS) is 14.6. The van der Waals surface area contributed by atoms with Gasteiger partial charge in [0, 0.05) is 14.2 Å². The van der Waals surface area contributed by atoms with Crippen LogP contribution in [-0.2, 0) is 11.8 Å². The lowest BCUT2D eigenvalue weighted by Gasteiger charge is -2.20. The monoisotopic (exact) mass is 355 g/mol. The maximum atomic E-state index is 10.4. The Morgan fingerprint density at radius 1 is 1.35 bits per heavy atom. The molecule has 0 fully saturated rings. The quantitative estimate of drug-likeness (QED) is 0.792. The molecule has 2 aromatic rings. The van der Waals surface area contributed by atoms with Crippen LogP contribution in [0.15, 0.2) is 28.2 Å². The average molecular weight is 355 g/mol. The third-order valence-corrected chi connectivity index (χ3v) is 4.24. The predicted molar refractivity (Wildman–Crippen MR) is 103 cm³/mol. The van der Waals surface area contributed by atoms with Gasteiger partial charge in [-0.3, -0.25) is 4.57 Å². The highest BCUT2D eigenvalue weighted by Crippen LogP contribution is 2.23. The molecule has 0 spiro atoms. The van der Waals surface area contributed by atoms with Crippen molar-refractivity contribution in [1.82, 2.24) is 9.55 Å². The van der Waals surface area contributed by atoms with E-state index in [9.17, 15) is 5.11 Å². The second-order valence-corrected chi connectivity index (χ2v) is 6.90. The lowest BCUT2D eigenvalue weighted by atomic mass is 10.0. The summed E-state index contributed by atoms with van der Waals surface area (Å²) in [5.74, 6) is 1.26. The first kappa shape index (κ1) is 18.1. The van der Waals surface area contributed by atoms with Crippen molar-refractivity contribution in [2.45, 2.75) is 26.3 Å². The van der Waals surface area contributed by atoms with Gasteiger partial charge in [-0.15, -0.1) is 0 Å². The maximum absolute atomic E-state index is 10.4. The molecule has 1 aliphatic rings. The molecular weight excluding hydrogens is 330 g/mol. The minimum atomic E-state index is 0.113. The summed E-state index contributed by atoms with van der Waals surface area (Å²) in [6.45, 7) is 4.92. The SMILES string of the molecule is COC[C@@H](CC(C)C)Nc1nc(/C=c2\ccc3c(c2)N=CN=3)c(O)n1C. The van der Waals surface area contributed by atoms with E-state index in [1.165, 1.54) is 0 Å². The molecule has 2 N–H and O–H groups in total. The van der Waals surface area contributed by atoms with E-state index in [-0.39, 0.29) is 11.9 Å². The van der Waals surface area contributed by atoms with Crippen LogP contribution in [0.3, 0.4) is 0 Å². The number of aliphatic imine (C=N–C) groups is 1. The van der Waals surface area contributed by atoms with Gasteiger partial charge in [-0.2, -0.15) is 0 Å². The van der Waals surface area contributed by atoms with Crippen LogP contribution in [0.5, 0.6) is 5.88 Å². The topological polar surface area (TPSA) is 84.0 Å². The number of hydrogen-bond acceptors (Lipinski definition) is 6. The van der Waals surface area contributed by atoms with E-state index in [2.05, 4.69) is 34.1 Å². The molecule has 138 valence electrons. The Balaban J connectivity index is 1.88. The summed E-state index contributed by atoms with van der Waals surface area (Å²) in [6.07, 6.45) is 4.33. The molecule has 1 aromatic carbocycles. The molecule has 3 rings (SSSR count). The van der Waals surface area contributed by atoms with E-state index in [1.54, 1.807) is 25.1 Å². The fourth-order valence-corrected chi connectivity index (χ4v) is 3.01. The highest BCUT2D eigenvalue weighted by atomic mass is 16.5. The predicted octanol–water partition coefficient (Wildman–Crippen LogP) is 1.72. The molecule has 0 unspecified atom stereocenters. The van der Waals surface area contributed by atoms with E-state index in [1.807, 2.05) is 24.3 Å². The van der Waals surface area contributed by atoms with Gasteiger partial charge in [0.25, 0.3) is 0 Å². The number of imidazole rings is 1. The van der Waals surface area contributed by atoms with E-state index >= 15 is 0 Å². The smallest absolute Gasteiger partial charge is 0.220 e. The van der Waals surface area contributed by atoms with Gasteiger partial charge in [0.2, 0.25) is 11.8 Å². The number of aromatic nitrogens is 2. The number of anilines is 1. The molecule has 26 heavy (non-hydrogen) atoms. The highest BCUT2D eigenvalue weighted by Gasteiger charge is 2.17. The van der Waals surface area contributed by atoms with Crippen molar-refractivity contribution in [2.75, 3.05) is 19.0 Å². The van der Waals surface area contributed by atoms with Crippen molar-refractivity contribution in [1.29, 1.82) is 0 Å². The molecule has 0 aliphatic carbocycles. The summed E-state index contributed by atoms with van der Waals surface area (Å²) < 4.78 is 6.95. The maximum Gasteiger partial charge on any atom is 0.220 e. The minimum Gasteiger partial charge on any atom is -0.493 e. The largest absolute Gasteiger partial charge is 0.493 e. The molecule has 1 aromatic heterocycles. The fourth-order valence-electron chi connectivity index (χ4n) is 3.01. The second-order valence-electron chi connectivity index (χ2n) is 6.90. The first-order valence-electron chi connectivity index (χ1n) is 8.71. The van der Waals surface area contributed by atoms with Crippen LogP contribution in [0.2, 0.25) is 0 Å². The zero-order chi connectivity index (χ0) is 18.7. The highest BCUT2D eigenvalue weighted by molar-refractivity contribution is 5.67. The molecule has 0 saturated heterocycles. The van der Waals surface area contributed by atoms with Crippen LogP contribution in [0.1, 0.15) is 26.0 Å². The summed E-state index contributed by atoms with van der Waals surface area (Å²) in [4.78, 5) is 12.9. The molecule has 0 amide bonds. The molecule has 1 atom stereocenters. The third kappa shape index (κ3) is 3.94. The van der Waals surface area contributed by atoms with Gasteiger partial charge >= 0.3 is 0 Å². The van der Waals surface area contributed by atoms with Gasteiger partial charge in [-0.1, -0.05) is 19.9 Å². The molecule has 0 bridgehead atoms. The van der Waals surface area contributed by atoms with Gasteiger partial charge in [-0.25, -0.2) is 15.0 Å². The fraction of sp³-hybridized carbons (Fsp3) is 0.421. The van der Waals surface area contributed by atoms with Crippen LogP contribution in [0, 0.1) is 5.92 Å².